The highest BCUT2D eigenvalue weighted by molar-refractivity contribution is 5.45. The van der Waals surface area contributed by atoms with Crippen LogP contribution in [0.4, 0.5) is 0 Å². The molecule has 1 atom stereocenters. The number of nitrogens with two attached hydrogens (primary N) is 1. The molecule has 0 heterocycles. The summed E-state index contributed by atoms with van der Waals surface area (Å²) in [5.41, 5.74) is 9.83. The van der Waals surface area contributed by atoms with Gasteiger partial charge in [-0.2, -0.15) is 0 Å². The molecule has 2 heteroatoms. The van der Waals surface area contributed by atoms with Crippen LogP contribution in [0.25, 0.3) is 0 Å². The molecular weight excluding hydrogens is 234 g/mol. The summed E-state index contributed by atoms with van der Waals surface area (Å²) in [4.78, 5) is 0. The molecular formula is C17H29NO. The molecule has 0 radical (unpaired) electrons. The second-order valence-electron chi connectivity index (χ2n) is 6.03. The molecule has 0 aliphatic rings. The van der Waals surface area contributed by atoms with E-state index in [1.165, 1.54) is 16.7 Å². The third-order valence-electron chi connectivity index (χ3n) is 3.92. The Labute approximate surface area is 118 Å². The van der Waals surface area contributed by atoms with Gasteiger partial charge in [0.1, 0.15) is 5.75 Å². The molecule has 0 bridgehead atoms. The van der Waals surface area contributed by atoms with Crippen molar-refractivity contribution in [3.05, 3.63) is 28.8 Å². The SMILES string of the molecule is COc1cc(C)c(C(CCN)C(C)C)cc1C(C)C. The summed E-state index contributed by atoms with van der Waals surface area (Å²) < 4.78 is 5.52. The second-order valence-corrected chi connectivity index (χ2v) is 6.03. The second kappa shape index (κ2) is 6.95. The molecule has 0 spiro atoms. The number of methoxy groups -OCH3 is 1. The number of hydrogen-bond acceptors (Lipinski definition) is 2. The summed E-state index contributed by atoms with van der Waals surface area (Å²) in [6, 6.07) is 4.51. The molecule has 19 heavy (non-hydrogen) atoms. The number of ether oxygens (including phenoxy) is 1. The quantitative estimate of drug-likeness (QED) is 0.834. The Morgan fingerprint density at radius 3 is 2.16 bits per heavy atom. The van der Waals surface area contributed by atoms with Gasteiger partial charge in [0, 0.05) is 0 Å². The Morgan fingerprint density at radius 2 is 1.74 bits per heavy atom. The molecule has 2 nitrogen and oxygen atoms in total. The topological polar surface area (TPSA) is 35.2 Å². The summed E-state index contributed by atoms with van der Waals surface area (Å²) in [5.74, 6) is 2.62. The standard InChI is InChI=1S/C17H29NO/c1-11(2)14(7-8-18)16-10-15(12(3)4)17(19-6)9-13(16)5/h9-12,14H,7-8,18H2,1-6H3. The highest BCUT2D eigenvalue weighted by atomic mass is 16.5. The Kier molecular flexibility index (Phi) is 5.86. The van der Waals surface area contributed by atoms with Crippen molar-refractivity contribution in [3.63, 3.8) is 0 Å². The van der Waals surface area contributed by atoms with Crippen LogP contribution in [-0.2, 0) is 0 Å². The molecule has 2 N–H and O–H groups in total. The van der Waals surface area contributed by atoms with E-state index in [-0.39, 0.29) is 0 Å². The van der Waals surface area contributed by atoms with Crippen molar-refractivity contribution in [1.82, 2.24) is 0 Å². The first-order valence-corrected chi connectivity index (χ1v) is 7.30. The maximum Gasteiger partial charge on any atom is 0.122 e. The zero-order valence-corrected chi connectivity index (χ0v) is 13.3. The van der Waals surface area contributed by atoms with Crippen molar-refractivity contribution in [2.45, 2.75) is 52.9 Å². The molecule has 0 amide bonds. The van der Waals surface area contributed by atoms with E-state index >= 15 is 0 Å². The highest BCUT2D eigenvalue weighted by Gasteiger charge is 2.20. The minimum Gasteiger partial charge on any atom is -0.496 e. The number of aryl methyl sites for hydroxylation is 1. The molecule has 1 aromatic carbocycles. The molecule has 1 rings (SSSR count). The Hall–Kier alpha value is -1.02. The maximum atomic E-state index is 5.78. The molecule has 108 valence electrons. The maximum absolute atomic E-state index is 5.78. The lowest BCUT2D eigenvalue weighted by Crippen LogP contribution is -2.14. The first-order chi connectivity index (χ1) is 8.92. The van der Waals surface area contributed by atoms with Gasteiger partial charge >= 0.3 is 0 Å². The van der Waals surface area contributed by atoms with Gasteiger partial charge in [0.15, 0.2) is 0 Å². The van der Waals surface area contributed by atoms with E-state index in [1.54, 1.807) is 7.11 Å². The summed E-state index contributed by atoms with van der Waals surface area (Å²) in [5, 5.41) is 0. The summed E-state index contributed by atoms with van der Waals surface area (Å²) in [6.07, 6.45) is 1.04. The van der Waals surface area contributed by atoms with Crippen molar-refractivity contribution in [1.29, 1.82) is 0 Å². The Morgan fingerprint density at radius 1 is 1.11 bits per heavy atom. The Balaban J connectivity index is 3.30. The van der Waals surface area contributed by atoms with E-state index in [2.05, 4.69) is 46.8 Å². The van der Waals surface area contributed by atoms with Gasteiger partial charge in [-0.25, -0.2) is 0 Å². The number of benzene rings is 1. The minimum atomic E-state index is 0.472. The van der Waals surface area contributed by atoms with Crippen LogP contribution in [0.5, 0.6) is 5.75 Å². The van der Waals surface area contributed by atoms with Gasteiger partial charge in [-0.05, 0) is 60.4 Å². The van der Waals surface area contributed by atoms with E-state index < -0.39 is 0 Å². The van der Waals surface area contributed by atoms with Gasteiger partial charge in [0.25, 0.3) is 0 Å². The predicted octanol–water partition coefficient (Wildman–Crippen LogP) is 4.22. The van der Waals surface area contributed by atoms with Gasteiger partial charge in [0.05, 0.1) is 7.11 Å². The zero-order chi connectivity index (χ0) is 14.6. The summed E-state index contributed by atoms with van der Waals surface area (Å²) in [7, 11) is 1.75. The monoisotopic (exact) mass is 263 g/mol. The highest BCUT2D eigenvalue weighted by Crippen LogP contribution is 2.36. The van der Waals surface area contributed by atoms with Crippen LogP contribution in [0, 0.1) is 12.8 Å². The van der Waals surface area contributed by atoms with Gasteiger partial charge < -0.3 is 10.5 Å². The average Bonchev–Trinajstić information content (AvgIpc) is 2.35. The van der Waals surface area contributed by atoms with Crippen LogP contribution in [0.1, 0.15) is 62.6 Å². The van der Waals surface area contributed by atoms with Gasteiger partial charge in [-0.15, -0.1) is 0 Å². The summed E-state index contributed by atoms with van der Waals surface area (Å²) in [6.45, 7) is 11.9. The third kappa shape index (κ3) is 3.73. The molecule has 0 saturated heterocycles. The number of rotatable bonds is 6. The Bertz CT molecular complexity index is 410. The fraction of sp³-hybridized carbons (Fsp3) is 0.647. The van der Waals surface area contributed by atoms with Crippen molar-refractivity contribution in [3.8, 4) is 5.75 Å². The first kappa shape index (κ1) is 16.0. The molecule has 1 aromatic rings. The lowest BCUT2D eigenvalue weighted by atomic mass is 9.81. The fourth-order valence-corrected chi connectivity index (χ4v) is 2.77. The lowest BCUT2D eigenvalue weighted by molar-refractivity contribution is 0.405. The number of hydrogen-bond donors (Lipinski definition) is 1. The van der Waals surface area contributed by atoms with Crippen molar-refractivity contribution in [2.24, 2.45) is 11.7 Å². The van der Waals surface area contributed by atoms with E-state index in [4.69, 9.17) is 10.5 Å². The zero-order valence-electron chi connectivity index (χ0n) is 13.3. The van der Waals surface area contributed by atoms with E-state index in [0.29, 0.717) is 17.8 Å². The predicted molar refractivity (Wildman–Crippen MR) is 83.1 cm³/mol. The van der Waals surface area contributed by atoms with E-state index in [0.717, 1.165) is 18.7 Å². The van der Waals surface area contributed by atoms with E-state index in [1.807, 2.05) is 0 Å². The van der Waals surface area contributed by atoms with Gasteiger partial charge in [-0.3, -0.25) is 0 Å². The van der Waals surface area contributed by atoms with Crippen molar-refractivity contribution < 1.29 is 4.74 Å². The molecule has 0 fully saturated rings. The summed E-state index contributed by atoms with van der Waals surface area (Å²) >= 11 is 0. The van der Waals surface area contributed by atoms with Crippen molar-refractivity contribution in [2.75, 3.05) is 13.7 Å². The van der Waals surface area contributed by atoms with Gasteiger partial charge in [0.2, 0.25) is 0 Å². The third-order valence-corrected chi connectivity index (χ3v) is 3.92. The van der Waals surface area contributed by atoms with Crippen LogP contribution in [0.15, 0.2) is 12.1 Å². The van der Waals surface area contributed by atoms with Crippen LogP contribution in [0.3, 0.4) is 0 Å². The molecule has 0 aliphatic carbocycles. The normalized spacial score (nSPS) is 13.1. The van der Waals surface area contributed by atoms with E-state index in [9.17, 15) is 0 Å². The molecule has 0 saturated carbocycles. The largest absolute Gasteiger partial charge is 0.496 e. The average molecular weight is 263 g/mol. The minimum absolute atomic E-state index is 0.472. The smallest absolute Gasteiger partial charge is 0.122 e. The van der Waals surface area contributed by atoms with Crippen LogP contribution in [0.2, 0.25) is 0 Å². The first-order valence-electron chi connectivity index (χ1n) is 7.30. The molecule has 0 aromatic heterocycles. The molecule has 1 unspecified atom stereocenters. The van der Waals surface area contributed by atoms with Crippen LogP contribution < -0.4 is 10.5 Å². The van der Waals surface area contributed by atoms with Crippen LogP contribution >= 0.6 is 0 Å². The van der Waals surface area contributed by atoms with Crippen LogP contribution in [-0.4, -0.2) is 13.7 Å². The molecule has 0 aliphatic heterocycles. The van der Waals surface area contributed by atoms with Crippen molar-refractivity contribution >= 4 is 0 Å². The van der Waals surface area contributed by atoms with Gasteiger partial charge in [-0.1, -0.05) is 33.8 Å². The lowest BCUT2D eigenvalue weighted by Gasteiger charge is -2.25. The fourth-order valence-electron chi connectivity index (χ4n) is 2.77.